The van der Waals surface area contributed by atoms with E-state index in [-0.39, 0.29) is 66.6 Å². The minimum absolute atomic E-state index is 0.00624. The lowest BCUT2D eigenvalue weighted by molar-refractivity contribution is -0.144. The zero-order valence-electron chi connectivity index (χ0n) is 39.1. The molecule has 1 aliphatic rings. The number of nitrogens with one attached hydrogen (secondary N) is 2. The first-order chi connectivity index (χ1) is 29.8. The lowest BCUT2D eigenvalue weighted by atomic mass is 9.90. The highest BCUT2D eigenvalue weighted by Crippen LogP contribution is 2.32. The molecule has 0 radical (unpaired) electrons. The highest BCUT2D eigenvalue weighted by Gasteiger charge is 2.41. The van der Waals surface area contributed by atoms with E-state index in [4.69, 9.17) is 24.8 Å². The van der Waals surface area contributed by atoms with Crippen LogP contribution in [0.3, 0.4) is 0 Å². The molecule has 1 aliphatic heterocycles. The first-order valence-electron chi connectivity index (χ1n) is 22.1. The second-order valence-electron chi connectivity index (χ2n) is 16.3. The number of likely N-dealkylation sites (tertiary alicyclic amines) is 1. The number of nitrogens with zero attached hydrogens (tertiary/aromatic N) is 4. The number of carbonyl (C=O) groups excluding carboxylic acids is 3. The minimum Gasteiger partial charge on any atom is -0.379 e. The van der Waals surface area contributed by atoms with E-state index in [1.165, 1.54) is 0 Å². The Morgan fingerprint density at radius 1 is 1.05 bits per heavy atom. The second kappa shape index (κ2) is 30.6. The summed E-state index contributed by atoms with van der Waals surface area (Å²) in [6, 6.07) is -1.07. The molecular formula is C46H79N7O8S. The largest absolute Gasteiger partial charge is 0.379 e. The van der Waals surface area contributed by atoms with Gasteiger partial charge in [0, 0.05) is 57.5 Å². The molecule has 8 unspecified atom stereocenters. The van der Waals surface area contributed by atoms with Crippen LogP contribution in [-0.2, 0) is 38.2 Å². The maximum Gasteiger partial charge on any atom is 0.242 e. The fourth-order valence-corrected chi connectivity index (χ4v) is 8.88. The van der Waals surface area contributed by atoms with E-state index in [9.17, 15) is 14.4 Å². The standard InChI is InChI=1S/C46H79N7O8S/c1-12-14-15-16-17-18-20-37(46-48-22-30-62-46)50-36(7)35(6)44(58-11)38-21-19-23-53(38)40(54)31-39(57-10)43(34(5)13-2)52(9)41(55)32-49-45(56)42(33(3)4)51(8)24-25-59-26-27-60-28-29-61-47/h12,14-17,22,30,33-35,37-39,42-44,50H,1,7,13,18-21,23-29,31-32,47H2,2-6,8-11H3,(H,49,56)/b15-14-,17-16-. The number of aromatic nitrogens is 1. The van der Waals surface area contributed by atoms with Gasteiger partial charge in [-0.1, -0.05) is 84.6 Å². The van der Waals surface area contributed by atoms with Crippen molar-refractivity contribution >= 4 is 29.1 Å². The fraction of sp³-hybridized carbons (Fsp3) is 0.696. The van der Waals surface area contributed by atoms with Gasteiger partial charge >= 0.3 is 0 Å². The lowest BCUT2D eigenvalue weighted by Gasteiger charge is -2.39. The molecule has 16 heteroatoms. The quantitative estimate of drug-likeness (QED) is 0.0475. The predicted molar refractivity (Wildman–Crippen MR) is 247 cm³/mol. The van der Waals surface area contributed by atoms with Gasteiger partial charge in [0.25, 0.3) is 0 Å². The van der Waals surface area contributed by atoms with Crippen LogP contribution < -0.4 is 16.5 Å². The van der Waals surface area contributed by atoms with Crippen molar-refractivity contribution < 1.29 is 38.2 Å². The summed E-state index contributed by atoms with van der Waals surface area (Å²) in [7, 11) is 6.89. The number of nitrogens with two attached hydrogens (primary N) is 1. The van der Waals surface area contributed by atoms with Gasteiger partial charge in [-0.3, -0.25) is 19.3 Å². The molecule has 352 valence electrons. The Hall–Kier alpha value is -3.48. The zero-order valence-corrected chi connectivity index (χ0v) is 39.9. The van der Waals surface area contributed by atoms with Crippen molar-refractivity contribution in [3.8, 4) is 0 Å². The molecule has 2 heterocycles. The summed E-state index contributed by atoms with van der Waals surface area (Å²) in [5, 5.41) is 9.51. The van der Waals surface area contributed by atoms with Crippen LogP contribution in [0.5, 0.6) is 0 Å². The molecule has 4 N–H and O–H groups in total. The Labute approximate surface area is 376 Å². The number of thiazole rings is 1. The number of likely N-dealkylation sites (N-methyl/N-ethyl adjacent to an activating group) is 2. The molecule has 0 aliphatic carbocycles. The molecule has 0 spiro atoms. The molecule has 0 aromatic carbocycles. The molecule has 0 saturated carbocycles. The van der Waals surface area contributed by atoms with E-state index in [0.717, 1.165) is 42.8 Å². The van der Waals surface area contributed by atoms with Crippen molar-refractivity contribution in [2.24, 2.45) is 23.7 Å². The van der Waals surface area contributed by atoms with Crippen LogP contribution in [0.4, 0.5) is 0 Å². The normalized spacial score (nSPS) is 17.9. The van der Waals surface area contributed by atoms with Gasteiger partial charge in [0.05, 0.1) is 82.4 Å². The van der Waals surface area contributed by atoms with Gasteiger partial charge in [-0.25, -0.2) is 10.9 Å². The number of allylic oxidation sites excluding steroid dienone is 5. The third-order valence-electron chi connectivity index (χ3n) is 11.8. The first-order valence-corrected chi connectivity index (χ1v) is 23.0. The Morgan fingerprint density at radius 3 is 2.37 bits per heavy atom. The maximum absolute atomic E-state index is 14.3. The molecule has 0 bridgehead atoms. The van der Waals surface area contributed by atoms with Crippen LogP contribution >= 0.6 is 11.3 Å². The number of ether oxygens (including phenoxy) is 4. The molecule has 1 aromatic rings. The van der Waals surface area contributed by atoms with Crippen molar-refractivity contribution in [2.75, 3.05) is 81.0 Å². The summed E-state index contributed by atoms with van der Waals surface area (Å²) in [6.07, 6.45) is 14.9. The van der Waals surface area contributed by atoms with Gasteiger partial charge in [-0.2, -0.15) is 0 Å². The van der Waals surface area contributed by atoms with Crippen LogP contribution in [0.25, 0.3) is 0 Å². The first kappa shape index (κ1) is 54.7. The summed E-state index contributed by atoms with van der Waals surface area (Å²) in [6.45, 7) is 21.2. The molecule has 62 heavy (non-hydrogen) atoms. The molecule has 3 amide bonds. The van der Waals surface area contributed by atoms with Gasteiger partial charge in [-0.05, 0) is 44.6 Å². The van der Waals surface area contributed by atoms with Crippen LogP contribution in [0.1, 0.15) is 84.2 Å². The average Bonchev–Trinajstić information content (AvgIpc) is 3.98. The Kier molecular flexibility index (Phi) is 27.0. The topological polar surface area (TPSA) is 170 Å². The summed E-state index contributed by atoms with van der Waals surface area (Å²) in [4.78, 5) is 56.2. The highest BCUT2D eigenvalue weighted by molar-refractivity contribution is 7.09. The monoisotopic (exact) mass is 890 g/mol. The fourth-order valence-electron chi connectivity index (χ4n) is 8.15. The van der Waals surface area contributed by atoms with Crippen LogP contribution in [0, 0.1) is 17.8 Å². The number of hydrogen-bond acceptors (Lipinski definition) is 13. The Balaban J connectivity index is 2.09. The Morgan fingerprint density at radius 2 is 1.76 bits per heavy atom. The lowest BCUT2D eigenvalue weighted by Crippen LogP contribution is -2.55. The van der Waals surface area contributed by atoms with E-state index >= 15 is 0 Å². The van der Waals surface area contributed by atoms with Crippen LogP contribution in [-0.4, -0.2) is 149 Å². The third-order valence-corrected chi connectivity index (χ3v) is 12.6. The SMILES string of the molecule is C=C/C=C\C=C/CCC(NC(=C)C(C)C(OC)C1CCCN1C(=O)CC(OC)C(C(C)CC)N(C)C(=O)CNC(=O)C(C(C)C)N(C)CCOCCOCCON)c1nccs1. The predicted octanol–water partition coefficient (Wildman–Crippen LogP) is 5.28. The maximum atomic E-state index is 14.3. The summed E-state index contributed by atoms with van der Waals surface area (Å²) >= 11 is 1.61. The Bertz CT molecular complexity index is 1510. The van der Waals surface area contributed by atoms with E-state index in [2.05, 4.69) is 60.5 Å². The van der Waals surface area contributed by atoms with Gasteiger partial charge in [-0.15, -0.1) is 11.3 Å². The number of amides is 3. The van der Waals surface area contributed by atoms with E-state index < -0.39 is 18.2 Å². The molecule has 1 fully saturated rings. The number of rotatable bonds is 33. The van der Waals surface area contributed by atoms with Crippen LogP contribution in [0.15, 0.2) is 60.8 Å². The summed E-state index contributed by atoms with van der Waals surface area (Å²) in [5.41, 5.74) is 0.832. The van der Waals surface area contributed by atoms with Crippen molar-refractivity contribution in [1.29, 1.82) is 0 Å². The van der Waals surface area contributed by atoms with Crippen LogP contribution in [0.2, 0.25) is 0 Å². The molecular weight excluding hydrogens is 811 g/mol. The third kappa shape index (κ3) is 17.9. The summed E-state index contributed by atoms with van der Waals surface area (Å²) < 4.78 is 23.3. The van der Waals surface area contributed by atoms with Gasteiger partial charge in [0.2, 0.25) is 17.7 Å². The van der Waals surface area contributed by atoms with Crippen molar-refractivity contribution in [3.63, 3.8) is 0 Å². The molecule has 8 atom stereocenters. The number of hydrogen-bond donors (Lipinski definition) is 3. The van der Waals surface area contributed by atoms with Gasteiger partial charge in [0.1, 0.15) is 5.01 Å². The average molecular weight is 890 g/mol. The molecule has 15 nitrogen and oxygen atoms in total. The minimum atomic E-state index is -0.576. The van der Waals surface area contributed by atoms with E-state index in [1.54, 1.807) is 43.6 Å². The molecule has 1 saturated heterocycles. The number of carbonyl (C=O) groups is 3. The van der Waals surface area contributed by atoms with E-state index in [1.807, 2.05) is 60.5 Å². The van der Waals surface area contributed by atoms with Crippen molar-refractivity contribution in [1.82, 2.24) is 30.3 Å². The van der Waals surface area contributed by atoms with E-state index in [0.29, 0.717) is 46.1 Å². The zero-order chi connectivity index (χ0) is 46.0. The highest BCUT2D eigenvalue weighted by atomic mass is 32.1. The molecule has 1 aromatic heterocycles. The smallest absolute Gasteiger partial charge is 0.242 e. The summed E-state index contributed by atoms with van der Waals surface area (Å²) in [5.74, 6) is 4.32. The number of methoxy groups -OCH3 is 2. The van der Waals surface area contributed by atoms with Crippen molar-refractivity contribution in [3.05, 3.63) is 65.8 Å². The van der Waals surface area contributed by atoms with Gasteiger partial charge in [0.15, 0.2) is 0 Å². The second-order valence-corrected chi connectivity index (χ2v) is 17.3. The van der Waals surface area contributed by atoms with Gasteiger partial charge < -0.3 is 44.2 Å². The van der Waals surface area contributed by atoms with Crippen molar-refractivity contribution in [2.45, 2.75) is 110 Å². The molecule has 2 rings (SSSR count).